The van der Waals surface area contributed by atoms with Gasteiger partial charge in [0.1, 0.15) is 18.1 Å². The summed E-state index contributed by atoms with van der Waals surface area (Å²) in [5.74, 6) is 0.133. The number of hydrogen-bond donors (Lipinski definition) is 0. The molecule has 8 heteroatoms. The number of alkyl halides is 2. The van der Waals surface area contributed by atoms with Crippen LogP contribution >= 0.6 is 0 Å². The molecule has 110 valence electrons. The van der Waals surface area contributed by atoms with Gasteiger partial charge in [0, 0.05) is 12.1 Å². The third kappa shape index (κ3) is 3.41. The highest BCUT2D eigenvalue weighted by molar-refractivity contribution is 5.75. The number of ether oxygens (including phenoxy) is 1. The monoisotopic (exact) mass is 297 g/mol. The Morgan fingerprint density at radius 1 is 1.33 bits per heavy atom. The van der Waals surface area contributed by atoms with E-state index in [-0.39, 0.29) is 28.5 Å². The van der Waals surface area contributed by atoms with Gasteiger partial charge in [0.15, 0.2) is 12.0 Å². The quantitative estimate of drug-likeness (QED) is 0.464. The van der Waals surface area contributed by atoms with Gasteiger partial charge in [0.25, 0.3) is 12.1 Å². The summed E-state index contributed by atoms with van der Waals surface area (Å²) < 4.78 is 34.5. The van der Waals surface area contributed by atoms with Crippen LogP contribution in [-0.4, -0.2) is 24.2 Å². The normalized spacial score (nSPS) is 10.6. The molecule has 1 aromatic carbocycles. The number of nitro groups is 1. The molecule has 1 aromatic heterocycles. The van der Waals surface area contributed by atoms with Crippen molar-refractivity contribution >= 4 is 12.0 Å². The molecule has 0 aliphatic rings. The molecule has 0 N–H and O–H groups in total. The topological polar surface area (TPSA) is 82.6 Å². The second-order valence-corrected chi connectivity index (χ2v) is 3.96. The van der Waals surface area contributed by atoms with Gasteiger partial charge in [-0.05, 0) is 18.2 Å². The molecule has 2 aromatic rings. The highest BCUT2D eigenvalue weighted by Gasteiger charge is 2.17. The zero-order chi connectivity index (χ0) is 15.4. The molecular weight excluding hydrogens is 288 g/mol. The van der Waals surface area contributed by atoms with E-state index in [1.807, 2.05) is 0 Å². The summed E-state index contributed by atoms with van der Waals surface area (Å²) in [5, 5.41) is 10.8. The van der Waals surface area contributed by atoms with Crippen LogP contribution in [0.5, 0.6) is 5.75 Å². The van der Waals surface area contributed by atoms with E-state index in [0.29, 0.717) is 6.29 Å². The Hall–Kier alpha value is -2.77. The first-order valence-corrected chi connectivity index (χ1v) is 5.76. The number of carbonyl (C=O) groups is 1. The molecule has 0 aliphatic heterocycles. The van der Waals surface area contributed by atoms with Crippen molar-refractivity contribution in [3.05, 3.63) is 46.2 Å². The fourth-order valence-corrected chi connectivity index (χ4v) is 1.66. The number of rotatable bonds is 6. The molecule has 0 saturated heterocycles. The van der Waals surface area contributed by atoms with E-state index in [1.165, 1.54) is 18.2 Å². The summed E-state index contributed by atoms with van der Waals surface area (Å²) in [7, 11) is 0. The number of halogens is 2. The van der Waals surface area contributed by atoms with E-state index in [0.717, 1.165) is 12.1 Å². The van der Waals surface area contributed by atoms with E-state index < -0.39 is 18.0 Å². The largest absolute Gasteiger partial charge is 0.487 e. The zero-order valence-corrected chi connectivity index (χ0v) is 10.5. The Balaban J connectivity index is 2.44. The first-order chi connectivity index (χ1) is 10.0. The average molecular weight is 297 g/mol. The van der Waals surface area contributed by atoms with Gasteiger partial charge >= 0.3 is 0 Å². The minimum atomic E-state index is -2.69. The first kappa shape index (κ1) is 14.6. The molecule has 0 unspecified atom stereocenters. The van der Waals surface area contributed by atoms with Gasteiger partial charge in [0.2, 0.25) is 0 Å². The van der Waals surface area contributed by atoms with Crippen molar-refractivity contribution in [2.75, 3.05) is 6.61 Å². The molecule has 6 nitrogen and oxygen atoms in total. The zero-order valence-electron chi connectivity index (χ0n) is 10.5. The molecule has 1 heterocycles. The Labute approximate surface area is 117 Å². The lowest BCUT2D eigenvalue weighted by molar-refractivity contribution is -0.384. The Morgan fingerprint density at radius 2 is 2.10 bits per heavy atom. The molecule has 0 bridgehead atoms. The van der Waals surface area contributed by atoms with E-state index in [1.54, 1.807) is 0 Å². The molecule has 0 amide bonds. The highest BCUT2D eigenvalue weighted by atomic mass is 19.3. The molecule has 0 fully saturated rings. The van der Waals surface area contributed by atoms with E-state index in [2.05, 4.69) is 0 Å². The van der Waals surface area contributed by atoms with Gasteiger partial charge in [-0.3, -0.25) is 14.9 Å². The van der Waals surface area contributed by atoms with Crippen LogP contribution in [0.4, 0.5) is 14.5 Å². The summed E-state index contributed by atoms with van der Waals surface area (Å²) in [6.07, 6.45) is -2.23. The number of furan rings is 1. The molecule has 0 radical (unpaired) electrons. The van der Waals surface area contributed by atoms with Crippen molar-refractivity contribution in [1.82, 2.24) is 0 Å². The summed E-state index contributed by atoms with van der Waals surface area (Å²) in [5.41, 5.74) is -0.128. The lowest BCUT2D eigenvalue weighted by Gasteiger charge is -2.09. The number of benzene rings is 1. The van der Waals surface area contributed by atoms with Crippen molar-refractivity contribution in [2.24, 2.45) is 0 Å². The maximum Gasteiger partial charge on any atom is 0.272 e. The third-order valence-corrected chi connectivity index (χ3v) is 2.55. The third-order valence-electron chi connectivity index (χ3n) is 2.55. The van der Waals surface area contributed by atoms with Crippen LogP contribution in [0.1, 0.15) is 10.6 Å². The molecule has 0 atom stereocenters. The van der Waals surface area contributed by atoms with Crippen molar-refractivity contribution < 1.29 is 27.7 Å². The number of nitrogens with zero attached hydrogens (tertiary/aromatic N) is 1. The van der Waals surface area contributed by atoms with Crippen molar-refractivity contribution in [1.29, 1.82) is 0 Å². The van der Waals surface area contributed by atoms with Crippen LogP contribution in [-0.2, 0) is 0 Å². The summed E-state index contributed by atoms with van der Waals surface area (Å²) in [6, 6.07) is 6.23. The number of nitro benzene ring substituents is 1. The van der Waals surface area contributed by atoms with Gasteiger partial charge in [0.05, 0.1) is 10.5 Å². The highest BCUT2D eigenvalue weighted by Crippen LogP contribution is 2.34. The number of hydrogen-bond acceptors (Lipinski definition) is 5. The van der Waals surface area contributed by atoms with Crippen LogP contribution < -0.4 is 4.74 Å². The van der Waals surface area contributed by atoms with Gasteiger partial charge in [-0.15, -0.1) is 0 Å². The Kier molecular flexibility index (Phi) is 4.27. The van der Waals surface area contributed by atoms with Crippen molar-refractivity contribution in [3.8, 4) is 17.1 Å². The fraction of sp³-hybridized carbons (Fsp3) is 0.154. The summed E-state index contributed by atoms with van der Waals surface area (Å²) in [6.45, 7) is -0.855. The van der Waals surface area contributed by atoms with Crippen LogP contribution in [0.3, 0.4) is 0 Å². The molecule has 21 heavy (non-hydrogen) atoms. The predicted molar refractivity (Wildman–Crippen MR) is 67.7 cm³/mol. The van der Waals surface area contributed by atoms with Crippen LogP contribution in [0.25, 0.3) is 11.3 Å². The Morgan fingerprint density at radius 3 is 2.67 bits per heavy atom. The van der Waals surface area contributed by atoms with Crippen molar-refractivity contribution in [3.63, 3.8) is 0 Å². The summed E-state index contributed by atoms with van der Waals surface area (Å²) >= 11 is 0. The number of aldehydes is 1. The minimum Gasteiger partial charge on any atom is -0.487 e. The van der Waals surface area contributed by atoms with E-state index >= 15 is 0 Å². The van der Waals surface area contributed by atoms with Crippen LogP contribution in [0, 0.1) is 10.1 Å². The second kappa shape index (κ2) is 6.12. The van der Waals surface area contributed by atoms with Gasteiger partial charge in [-0.2, -0.15) is 0 Å². The predicted octanol–water partition coefficient (Wildman–Crippen LogP) is 3.31. The smallest absolute Gasteiger partial charge is 0.272 e. The van der Waals surface area contributed by atoms with Crippen LogP contribution in [0.2, 0.25) is 0 Å². The maximum atomic E-state index is 12.2. The van der Waals surface area contributed by atoms with Gasteiger partial charge < -0.3 is 9.15 Å². The number of non-ortho nitro benzene ring substituents is 1. The lowest BCUT2D eigenvalue weighted by atomic mass is 10.1. The van der Waals surface area contributed by atoms with E-state index in [4.69, 9.17) is 9.15 Å². The minimum absolute atomic E-state index is 0.00713. The first-order valence-electron chi connectivity index (χ1n) is 5.76. The standard InChI is InChI=1S/C13H9F2NO5/c14-13(15)7-20-11-3-1-8(16(18)19)5-10(11)12-4-2-9(6-17)21-12/h1-6,13H,7H2. The lowest BCUT2D eigenvalue weighted by Crippen LogP contribution is -2.07. The second-order valence-electron chi connectivity index (χ2n) is 3.96. The average Bonchev–Trinajstić information content (AvgIpc) is 2.93. The fourth-order valence-electron chi connectivity index (χ4n) is 1.66. The molecule has 0 aliphatic carbocycles. The molecule has 0 saturated carbocycles. The maximum absolute atomic E-state index is 12.2. The molecular formula is C13H9F2NO5. The SMILES string of the molecule is O=Cc1ccc(-c2cc([N+](=O)[O-])ccc2OCC(F)F)o1. The molecule has 2 rings (SSSR count). The van der Waals surface area contributed by atoms with Gasteiger partial charge in [-0.1, -0.05) is 0 Å². The van der Waals surface area contributed by atoms with Crippen molar-refractivity contribution in [2.45, 2.75) is 6.43 Å². The van der Waals surface area contributed by atoms with E-state index in [9.17, 15) is 23.7 Å². The summed E-state index contributed by atoms with van der Waals surface area (Å²) in [4.78, 5) is 20.7. The van der Waals surface area contributed by atoms with Gasteiger partial charge in [-0.25, -0.2) is 8.78 Å². The Bertz CT molecular complexity index is 668. The van der Waals surface area contributed by atoms with Crippen LogP contribution in [0.15, 0.2) is 34.7 Å². The number of carbonyl (C=O) groups excluding carboxylic acids is 1. The molecule has 0 spiro atoms.